The lowest BCUT2D eigenvalue weighted by Gasteiger charge is -2.04. The zero-order chi connectivity index (χ0) is 25.0. The second kappa shape index (κ2) is 8.49. The quantitative estimate of drug-likeness (QED) is 0.698. The molecular weight excluding hydrogens is 444 g/mol. The van der Waals surface area contributed by atoms with Crippen molar-refractivity contribution in [2.24, 2.45) is 9.98 Å². The lowest BCUT2D eigenvalue weighted by Crippen LogP contribution is -2.13. The Morgan fingerprint density at radius 1 is 0.778 bits per heavy atom. The van der Waals surface area contributed by atoms with E-state index in [-0.39, 0.29) is 0 Å². The molecule has 4 heterocycles. The van der Waals surface area contributed by atoms with Crippen molar-refractivity contribution in [1.29, 1.82) is 0 Å². The Balaban J connectivity index is 1.69. The molecule has 0 atom stereocenters. The van der Waals surface area contributed by atoms with E-state index in [0.717, 1.165) is 79.9 Å². The molecule has 1 aromatic heterocycles. The number of aliphatic hydroxyl groups is 1. The minimum atomic E-state index is 0.776. The standard InChI is InChI=1S/C32H28N2O2/c1-5-25-18(3)29-15-23-8-9-24(36-23)16-30-19(4)26(6-2)32(34-30)14-22-12-21(13-31(25)33-29)27-10-7-20(17-35)11-28(22)27/h7-17,35H,5-6H2,1-4H3/b20-17+,23-15?,24-16?,31-13?,32-14?. The van der Waals surface area contributed by atoms with Gasteiger partial charge in [0.1, 0.15) is 10.8 Å². The summed E-state index contributed by atoms with van der Waals surface area (Å²) >= 11 is 0. The van der Waals surface area contributed by atoms with Crippen LogP contribution in [0.2, 0.25) is 0 Å². The Morgan fingerprint density at radius 2 is 1.39 bits per heavy atom. The van der Waals surface area contributed by atoms with Crippen molar-refractivity contribution < 1.29 is 9.52 Å². The maximum Gasteiger partial charge on any atom is 0.129 e. The van der Waals surface area contributed by atoms with Crippen molar-refractivity contribution >= 4 is 41.0 Å². The minimum absolute atomic E-state index is 0.776. The lowest BCUT2D eigenvalue weighted by molar-refractivity contribution is 0.503. The largest absolute Gasteiger partial charge is 0.515 e. The monoisotopic (exact) mass is 472 g/mol. The molecule has 0 unspecified atom stereocenters. The van der Waals surface area contributed by atoms with Gasteiger partial charge in [-0.1, -0.05) is 26.0 Å². The van der Waals surface area contributed by atoms with Gasteiger partial charge in [-0.25, -0.2) is 9.98 Å². The maximum absolute atomic E-state index is 9.69. The smallest absolute Gasteiger partial charge is 0.129 e. The molecular formula is C32H28N2O2. The summed E-state index contributed by atoms with van der Waals surface area (Å²) in [6, 6.07) is 10.0. The average molecular weight is 473 g/mol. The van der Waals surface area contributed by atoms with Gasteiger partial charge in [-0.05, 0) is 107 Å². The first-order valence-corrected chi connectivity index (χ1v) is 12.5. The molecule has 36 heavy (non-hydrogen) atoms. The van der Waals surface area contributed by atoms with Gasteiger partial charge in [-0.2, -0.15) is 0 Å². The van der Waals surface area contributed by atoms with Gasteiger partial charge in [-0.3, -0.25) is 0 Å². The molecule has 1 N–H and O–H groups in total. The Hall–Kier alpha value is -4.18. The summed E-state index contributed by atoms with van der Waals surface area (Å²) in [6.07, 6.45) is 13.6. The van der Waals surface area contributed by atoms with Gasteiger partial charge in [0.2, 0.25) is 0 Å². The van der Waals surface area contributed by atoms with E-state index >= 15 is 0 Å². The van der Waals surface area contributed by atoms with Crippen LogP contribution in [-0.4, -0.2) is 16.5 Å². The van der Waals surface area contributed by atoms with E-state index in [9.17, 15) is 5.11 Å². The Kier molecular flexibility index (Phi) is 5.26. The molecule has 0 fully saturated rings. The third kappa shape index (κ3) is 3.53. The summed E-state index contributed by atoms with van der Waals surface area (Å²) in [5, 5.41) is 11.6. The molecule has 1 aliphatic carbocycles. The van der Waals surface area contributed by atoms with Crippen molar-refractivity contribution in [3.05, 3.63) is 109 Å². The van der Waals surface area contributed by atoms with E-state index in [1.54, 1.807) is 0 Å². The molecule has 4 aliphatic rings. The number of fused-ring (bicyclic) bond motifs is 7. The van der Waals surface area contributed by atoms with Crippen molar-refractivity contribution in [1.82, 2.24) is 0 Å². The normalized spacial score (nSPS) is 18.9. The van der Waals surface area contributed by atoms with Gasteiger partial charge in [0.25, 0.3) is 0 Å². The van der Waals surface area contributed by atoms with E-state index < -0.39 is 0 Å². The van der Waals surface area contributed by atoms with Crippen LogP contribution in [-0.2, 0) is 0 Å². The number of hydrogen-bond acceptors (Lipinski definition) is 4. The summed E-state index contributed by atoms with van der Waals surface area (Å²) in [6.45, 7) is 8.61. The van der Waals surface area contributed by atoms with Crippen LogP contribution in [0.1, 0.15) is 46.1 Å². The van der Waals surface area contributed by atoms with Gasteiger partial charge >= 0.3 is 0 Å². The molecule has 1 aromatic carbocycles. The Labute approximate surface area is 210 Å². The molecule has 4 heteroatoms. The second-order valence-corrected chi connectivity index (χ2v) is 9.49. The SMILES string of the molecule is CCC1=C(C)C2=NC1=CC1=CC(=c3cc/c(=C\O)cc31)C=C1N=C(C=c3ccc(o3)=C2)C(C)=C1CC. The number of rotatable bonds is 2. The predicted octanol–water partition coefficient (Wildman–Crippen LogP) is 4.53. The van der Waals surface area contributed by atoms with Crippen LogP contribution >= 0.6 is 0 Å². The summed E-state index contributed by atoms with van der Waals surface area (Å²) < 4.78 is 6.15. The number of benzene rings is 1. The van der Waals surface area contributed by atoms with Crippen LogP contribution in [0, 0.1) is 0 Å². The van der Waals surface area contributed by atoms with Gasteiger partial charge in [-0.15, -0.1) is 0 Å². The number of furan rings is 1. The summed E-state index contributed by atoms with van der Waals surface area (Å²) in [5.74, 6) is 0. The van der Waals surface area contributed by atoms with Gasteiger partial charge in [0.05, 0.1) is 29.1 Å². The highest BCUT2D eigenvalue weighted by atomic mass is 16.3. The highest BCUT2D eigenvalue weighted by molar-refractivity contribution is 6.24. The third-order valence-electron chi connectivity index (χ3n) is 7.40. The second-order valence-electron chi connectivity index (χ2n) is 9.49. The van der Waals surface area contributed by atoms with Gasteiger partial charge in [0, 0.05) is 17.4 Å². The number of hydrogen-bond donors (Lipinski definition) is 1. The predicted molar refractivity (Wildman–Crippen MR) is 148 cm³/mol. The molecule has 6 rings (SSSR count). The third-order valence-corrected chi connectivity index (χ3v) is 7.40. The van der Waals surface area contributed by atoms with Gasteiger partial charge in [0.15, 0.2) is 0 Å². The van der Waals surface area contributed by atoms with Crippen LogP contribution in [0.5, 0.6) is 0 Å². The zero-order valence-electron chi connectivity index (χ0n) is 21.0. The fourth-order valence-electron chi connectivity index (χ4n) is 5.45. The molecule has 178 valence electrons. The Bertz CT molecular complexity index is 1810. The lowest BCUT2D eigenvalue weighted by atomic mass is 10.0. The van der Waals surface area contributed by atoms with Crippen LogP contribution in [0.25, 0.3) is 29.6 Å². The first-order chi connectivity index (χ1) is 17.5. The number of aliphatic imine (C=N–C) groups is 2. The number of allylic oxidation sites excluding steroid dienone is 8. The zero-order valence-corrected chi connectivity index (χ0v) is 21.0. The molecule has 0 amide bonds. The maximum atomic E-state index is 9.69. The fraction of sp³-hybridized carbons (Fsp3) is 0.188. The van der Waals surface area contributed by atoms with E-state index in [4.69, 9.17) is 14.4 Å². The highest BCUT2D eigenvalue weighted by Crippen LogP contribution is 2.34. The molecule has 0 spiro atoms. The summed E-state index contributed by atoms with van der Waals surface area (Å²) in [4.78, 5) is 10.0. The molecule has 8 bridgehead atoms. The van der Waals surface area contributed by atoms with Crippen molar-refractivity contribution in [3.63, 3.8) is 0 Å². The molecule has 0 saturated heterocycles. The van der Waals surface area contributed by atoms with Crippen LogP contribution in [0.4, 0.5) is 0 Å². The van der Waals surface area contributed by atoms with Crippen LogP contribution in [0.3, 0.4) is 0 Å². The first-order valence-electron chi connectivity index (χ1n) is 12.5. The van der Waals surface area contributed by atoms with Gasteiger partial charge < -0.3 is 9.52 Å². The number of aliphatic hydroxyl groups excluding tert-OH is 1. The molecule has 3 aliphatic heterocycles. The first kappa shape index (κ1) is 22.3. The van der Waals surface area contributed by atoms with E-state index in [0.29, 0.717) is 0 Å². The Morgan fingerprint density at radius 3 is 1.97 bits per heavy atom. The molecule has 2 aromatic rings. The van der Waals surface area contributed by atoms with E-state index in [2.05, 4.69) is 52.0 Å². The summed E-state index contributed by atoms with van der Waals surface area (Å²) in [5.41, 5.74) is 13.5. The van der Waals surface area contributed by atoms with Crippen LogP contribution < -0.4 is 21.3 Å². The highest BCUT2D eigenvalue weighted by Gasteiger charge is 2.22. The molecule has 0 saturated carbocycles. The fourth-order valence-corrected chi connectivity index (χ4v) is 5.45. The number of nitrogens with zero attached hydrogens (tertiary/aromatic N) is 2. The summed E-state index contributed by atoms with van der Waals surface area (Å²) in [7, 11) is 0. The molecule has 0 radical (unpaired) electrons. The van der Waals surface area contributed by atoms with Crippen LogP contribution in [0.15, 0.2) is 96.6 Å². The minimum Gasteiger partial charge on any atom is -0.515 e. The van der Waals surface area contributed by atoms with E-state index in [1.165, 1.54) is 22.3 Å². The van der Waals surface area contributed by atoms with Crippen molar-refractivity contribution in [3.8, 4) is 0 Å². The van der Waals surface area contributed by atoms with Crippen molar-refractivity contribution in [2.45, 2.75) is 40.5 Å². The van der Waals surface area contributed by atoms with Crippen molar-refractivity contribution in [2.75, 3.05) is 0 Å². The average Bonchev–Trinajstić information content (AvgIpc) is 3.61. The topological polar surface area (TPSA) is 58.1 Å². The van der Waals surface area contributed by atoms with E-state index in [1.807, 2.05) is 36.4 Å². The molecule has 4 nitrogen and oxygen atoms in total.